The van der Waals surface area contributed by atoms with E-state index in [9.17, 15) is 0 Å². The molecule has 2 nitrogen and oxygen atoms in total. The molecule has 1 heterocycles. The molecule has 1 aliphatic heterocycles. The Balaban J connectivity index is 1.81. The summed E-state index contributed by atoms with van der Waals surface area (Å²) >= 11 is 0. The number of rotatable bonds is 2. The van der Waals surface area contributed by atoms with Crippen molar-refractivity contribution in [2.75, 3.05) is 19.6 Å². The van der Waals surface area contributed by atoms with Crippen molar-refractivity contribution in [3.05, 3.63) is 0 Å². The fourth-order valence-electron chi connectivity index (χ4n) is 3.33. The van der Waals surface area contributed by atoms with Gasteiger partial charge in [0.25, 0.3) is 0 Å². The van der Waals surface area contributed by atoms with Crippen LogP contribution in [0.5, 0.6) is 0 Å². The molecule has 16 heavy (non-hydrogen) atoms. The Morgan fingerprint density at radius 1 is 1.19 bits per heavy atom. The molecule has 94 valence electrons. The van der Waals surface area contributed by atoms with Crippen LogP contribution in [0.4, 0.5) is 0 Å². The van der Waals surface area contributed by atoms with Gasteiger partial charge < -0.3 is 10.6 Å². The zero-order valence-corrected chi connectivity index (χ0v) is 11.2. The van der Waals surface area contributed by atoms with E-state index in [0.29, 0.717) is 11.5 Å². The van der Waals surface area contributed by atoms with E-state index in [0.717, 1.165) is 11.8 Å². The van der Waals surface area contributed by atoms with Crippen molar-refractivity contribution in [1.29, 1.82) is 0 Å². The molecule has 3 unspecified atom stereocenters. The molecule has 0 aromatic heterocycles. The van der Waals surface area contributed by atoms with Crippen molar-refractivity contribution in [2.24, 2.45) is 23.0 Å². The molecule has 1 saturated heterocycles. The third-order valence-electron chi connectivity index (χ3n) is 4.71. The molecule has 3 atom stereocenters. The lowest BCUT2D eigenvalue weighted by atomic mass is 9.80. The predicted octanol–water partition coefficient (Wildman–Crippen LogP) is 2.48. The van der Waals surface area contributed by atoms with E-state index in [-0.39, 0.29) is 0 Å². The molecular formula is C14H28N2. The number of hydrogen-bond acceptors (Lipinski definition) is 2. The minimum Gasteiger partial charge on any atom is -0.327 e. The highest BCUT2D eigenvalue weighted by Crippen LogP contribution is 2.35. The zero-order valence-electron chi connectivity index (χ0n) is 11.2. The maximum Gasteiger partial charge on any atom is 0.00793 e. The topological polar surface area (TPSA) is 29.3 Å². The van der Waals surface area contributed by atoms with E-state index >= 15 is 0 Å². The van der Waals surface area contributed by atoms with E-state index < -0.39 is 0 Å². The molecule has 0 aromatic carbocycles. The van der Waals surface area contributed by atoms with Crippen LogP contribution in [0.15, 0.2) is 0 Å². The lowest BCUT2D eigenvalue weighted by molar-refractivity contribution is 0.210. The van der Waals surface area contributed by atoms with Gasteiger partial charge in [0.05, 0.1) is 0 Å². The van der Waals surface area contributed by atoms with Crippen molar-refractivity contribution in [1.82, 2.24) is 4.90 Å². The molecule has 2 N–H and O–H groups in total. The van der Waals surface area contributed by atoms with Crippen LogP contribution in [0, 0.1) is 17.3 Å². The van der Waals surface area contributed by atoms with Gasteiger partial charge >= 0.3 is 0 Å². The SMILES string of the molecule is CC(C)(C)C1CCN(CC2CCCC2N)C1. The number of hydrogen-bond donors (Lipinski definition) is 1. The maximum absolute atomic E-state index is 6.15. The first-order valence-corrected chi connectivity index (χ1v) is 6.95. The molecular weight excluding hydrogens is 196 g/mol. The molecule has 0 aromatic rings. The lowest BCUT2D eigenvalue weighted by Crippen LogP contribution is -2.36. The van der Waals surface area contributed by atoms with Gasteiger partial charge in [0.1, 0.15) is 0 Å². The highest BCUT2D eigenvalue weighted by atomic mass is 15.2. The van der Waals surface area contributed by atoms with Crippen molar-refractivity contribution < 1.29 is 0 Å². The van der Waals surface area contributed by atoms with Gasteiger partial charge in [-0.25, -0.2) is 0 Å². The molecule has 0 radical (unpaired) electrons. The molecule has 1 saturated carbocycles. The minimum absolute atomic E-state index is 0.479. The number of likely N-dealkylation sites (tertiary alicyclic amines) is 1. The normalized spacial score (nSPS) is 37.1. The molecule has 2 heteroatoms. The summed E-state index contributed by atoms with van der Waals surface area (Å²) in [5, 5.41) is 0. The predicted molar refractivity (Wildman–Crippen MR) is 69.3 cm³/mol. The van der Waals surface area contributed by atoms with Crippen LogP contribution in [0.25, 0.3) is 0 Å². The number of nitrogens with two attached hydrogens (primary N) is 1. The second-order valence-electron chi connectivity index (χ2n) is 6.97. The summed E-state index contributed by atoms with van der Waals surface area (Å²) in [7, 11) is 0. The largest absolute Gasteiger partial charge is 0.327 e. The van der Waals surface area contributed by atoms with E-state index in [1.54, 1.807) is 0 Å². The first-order chi connectivity index (χ1) is 7.47. The highest BCUT2D eigenvalue weighted by molar-refractivity contribution is 4.88. The smallest absolute Gasteiger partial charge is 0.00793 e. The average molecular weight is 224 g/mol. The Bertz CT molecular complexity index is 231. The van der Waals surface area contributed by atoms with Crippen LogP contribution in [0.3, 0.4) is 0 Å². The Morgan fingerprint density at radius 2 is 1.94 bits per heavy atom. The van der Waals surface area contributed by atoms with Gasteiger partial charge in [-0.15, -0.1) is 0 Å². The van der Waals surface area contributed by atoms with Crippen molar-refractivity contribution in [2.45, 2.75) is 52.5 Å². The standard InChI is InChI=1S/C14H28N2/c1-14(2,3)12-7-8-16(10-12)9-11-5-4-6-13(11)15/h11-13H,4-10,15H2,1-3H3. The minimum atomic E-state index is 0.479. The van der Waals surface area contributed by atoms with E-state index in [2.05, 4.69) is 25.7 Å². The summed E-state index contributed by atoms with van der Waals surface area (Å²) in [5.74, 6) is 1.66. The van der Waals surface area contributed by atoms with Crippen LogP contribution in [0.2, 0.25) is 0 Å². The van der Waals surface area contributed by atoms with Gasteiger partial charge in [0.15, 0.2) is 0 Å². The quantitative estimate of drug-likeness (QED) is 0.781. The summed E-state index contributed by atoms with van der Waals surface area (Å²) in [6.07, 6.45) is 5.34. The lowest BCUT2D eigenvalue weighted by Gasteiger charge is -2.28. The molecule has 2 fully saturated rings. The highest BCUT2D eigenvalue weighted by Gasteiger charge is 2.34. The van der Waals surface area contributed by atoms with Gasteiger partial charge in [-0.05, 0) is 43.1 Å². The van der Waals surface area contributed by atoms with Gasteiger partial charge in [-0.1, -0.05) is 27.2 Å². The second kappa shape index (κ2) is 4.66. The zero-order chi connectivity index (χ0) is 11.8. The Morgan fingerprint density at radius 3 is 2.44 bits per heavy atom. The molecule has 0 spiro atoms. The van der Waals surface area contributed by atoms with Gasteiger partial charge in [0, 0.05) is 19.1 Å². The third-order valence-corrected chi connectivity index (χ3v) is 4.71. The van der Waals surface area contributed by atoms with E-state index in [1.807, 2.05) is 0 Å². The Kier molecular flexibility index (Phi) is 3.60. The fraction of sp³-hybridized carbons (Fsp3) is 1.00. The first-order valence-electron chi connectivity index (χ1n) is 6.95. The Labute approximate surface area is 101 Å². The maximum atomic E-state index is 6.15. The van der Waals surface area contributed by atoms with Crippen LogP contribution in [-0.4, -0.2) is 30.6 Å². The summed E-state index contributed by atoms with van der Waals surface area (Å²) < 4.78 is 0. The van der Waals surface area contributed by atoms with Crippen LogP contribution >= 0.6 is 0 Å². The van der Waals surface area contributed by atoms with Gasteiger partial charge in [-0.3, -0.25) is 0 Å². The van der Waals surface area contributed by atoms with Crippen LogP contribution in [0.1, 0.15) is 46.5 Å². The van der Waals surface area contributed by atoms with Gasteiger partial charge in [-0.2, -0.15) is 0 Å². The Hall–Kier alpha value is -0.0800. The monoisotopic (exact) mass is 224 g/mol. The molecule has 0 amide bonds. The van der Waals surface area contributed by atoms with E-state index in [1.165, 1.54) is 45.3 Å². The third kappa shape index (κ3) is 2.78. The summed E-state index contributed by atoms with van der Waals surface area (Å²) in [5.41, 5.74) is 6.63. The van der Waals surface area contributed by atoms with Crippen molar-refractivity contribution in [3.63, 3.8) is 0 Å². The fourth-order valence-corrected chi connectivity index (χ4v) is 3.33. The van der Waals surface area contributed by atoms with E-state index in [4.69, 9.17) is 5.73 Å². The molecule has 2 aliphatic rings. The van der Waals surface area contributed by atoms with Gasteiger partial charge in [0.2, 0.25) is 0 Å². The summed E-state index contributed by atoms with van der Waals surface area (Å²) in [6.45, 7) is 11.0. The van der Waals surface area contributed by atoms with Crippen molar-refractivity contribution in [3.8, 4) is 0 Å². The van der Waals surface area contributed by atoms with Crippen LogP contribution in [-0.2, 0) is 0 Å². The average Bonchev–Trinajstić information content (AvgIpc) is 2.76. The molecule has 0 bridgehead atoms. The summed E-state index contributed by atoms with van der Waals surface area (Å²) in [4.78, 5) is 2.66. The molecule has 2 rings (SSSR count). The number of nitrogens with zero attached hydrogens (tertiary/aromatic N) is 1. The second-order valence-corrected chi connectivity index (χ2v) is 6.97. The molecule has 1 aliphatic carbocycles. The summed E-state index contributed by atoms with van der Waals surface area (Å²) in [6, 6.07) is 0.480. The first kappa shape index (κ1) is 12.4. The van der Waals surface area contributed by atoms with Crippen molar-refractivity contribution >= 4 is 0 Å². The van der Waals surface area contributed by atoms with Crippen LogP contribution < -0.4 is 5.73 Å².